The SMILES string of the molecule is C[Si](C)(c1ccc2c(c1)c1cc(S(C)(C)c3c(F)c(F)c(F)c(F)c3F)ccc1n2-c1ccccc1)c1c(F)c(F)c(F)c(F)c1F. The molecule has 47 heavy (non-hydrogen) atoms. The fourth-order valence-corrected chi connectivity index (χ4v) is 10.8. The van der Waals surface area contributed by atoms with E-state index in [1.807, 2.05) is 4.57 Å². The molecule has 0 bridgehead atoms. The largest absolute Gasteiger partial charge is 0.309 e. The monoisotopic (exact) mass is 695 g/mol. The Morgan fingerprint density at radius 3 is 1.49 bits per heavy atom. The summed E-state index contributed by atoms with van der Waals surface area (Å²) in [6, 6.07) is 18.4. The zero-order chi connectivity index (χ0) is 34.3. The minimum absolute atomic E-state index is 0.252. The Balaban J connectivity index is 1.65. The van der Waals surface area contributed by atoms with Gasteiger partial charge in [0, 0.05) is 21.6 Å². The second-order valence-corrected chi connectivity index (χ2v) is 19.7. The summed E-state index contributed by atoms with van der Waals surface area (Å²) in [4.78, 5) is -0.706. The molecule has 0 radical (unpaired) electrons. The van der Waals surface area contributed by atoms with Crippen molar-refractivity contribution in [2.75, 3.05) is 12.5 Å². The second-order valence-electron chi connectivity index (χ2n) is 11.9. The number of hydrogen-bond donors (Lipinski definition) is 0. The Hall–Kier alpha value is -4.23. The molecule has 244 valence electrons. The van der Waals surface area contributed by atoms with Crippen LogP contribution in [-0.2, 0) is 0 Å². The van der Waals surface area contributed by atoms with Gasteiger partial charge in [-0.25, -0.2) is 43.9 Å². The van der Waals surface area contributed by atoms with Crippen molar-refractivity contribution in [2.45, 2.75) is 22.9 Å². The van der Waals surface area contributed by atoms with Gasteiger partial charge in [-0.15, -0.1) is 0 Å². The molecule has 0 aliphatic rings. The van der Waals surface area contributed by atoms with E-state index in [2.05, 4.69) is 0 Å². The van der Waals surface area contributed by atoms with Gasteiger partial charge in [-0.2, -0.15) is 10.0 Å². The number of benzene rings is 5. The van der Waals surface area contributed by atoms with Gasteiger partial charge in [0.05, 0.1) is 15.9 Å². The smallest absolute Gasteiger partial charge is 0.200 e. The third-order valence-corrected chi connectivity index (χ3v) is 14.8. The molecule has 0 spiro atoms. The number of halogens is 10. The highest BCUT2D eigenvalue weighted by molar-refractivity contribution is 8.32. The maximum Gasteiger partial charge on any atom is 0.200 e. The van der Waals surface area contributed by atoms with Crippen LogP contribution in [0.5, 0.6) is 0 Å². The lowest BCUT2D eigenvalue weighted by molar-refractivity contribution is 0.360. The van der Waals surface area contributed by atoms with E-state index in [4.69, 9.17) is 0 Å². The summed E-state index contributed by atoms with van der Waals surface area (Å²) in [5.41, 5.74) is 1.82. The van der Waals surface area contributed by atoms with E-state index in [-0.39, 0.29) is 4.90 Å². The average molecular weight is 696 g/mol. The summed E-state index contributed by atoms with van der Waals surface area (Å²) in [7, 11) is -6.56. The minimum Gasteiger partial charge on any atom is -0.309 e. The summed E-state index contributed by atoms with van der Waals surface area (Å²) in [6.45, 7) is 2.87. The summed E-state index contributed by atoms with van der Waals surface area (Å²) >= 11 is 0. The normalized spacial score (nSPS) is 12.8. The molecule has 6 aromatic rings. The molecule has 0 unspecified atom stereocenters. The predicted octanol–water partition coefficient (Wildman–Crippen LogP) is 9.48. The molecular weight excluding hydrogens is 673 g/mol. The molecule has 0 atom stereocenters. The van der Waals surface area contributed by atoms with Gasteiger partial charge >= 0.3 is 0 Å². The van der Waals surface area contributed by atoms with Crippen molar-refractivity contribution in [1.29, 1.82) is 0 Å². The number of fused-ring (bicyclic) bond motifs is 3. The number of hydrogen-bond acceptors (Lipinski definition) is 0. The Kier molecular flexibility index (Phi) is 7.78. The first-order valence-corrected chi connectivity index (χ1v) is 19.4. The highest BCUT2D eigenvalue weighted by atomic mass is 32.3. The van der Waals surface area contributed by atoms with Crippen molar-refractivity contribution in [3.63, 3.8) is 0 Å². The first-order valence-electron chi connectivity index (χ1n) is 13.9. The molecule has 0 fully saturated rings. The van der Waals surface area contributed by atoms with Crippen LogP contribution in [0, 0.1) is 58.2 Å². The van der Waals surface area contributed by atoms with Crippen molar-refractivity contribution in [3.05, 3.63) is 125 Å². The molecule has 0 saturated carbocycles. The Morgan fingerprint density at radius 1 is 0.511 bits per heavy atom. The molecule has 6 rings (SSSR count). The molecule has 13 heteroatoms. The summed E-state index contributed by atoms with van der Waals surface area (Å²) in [6.07, 6.45) is 2.76. The third kappa shape index (κ3) is 4.76. The van der Waals surface area contributed by atoms with Gasteiger partial charge in [0.1, 0.15) is 8.07 Å². The van der Waals surface area contributed by atoms with Crippen LogP contribution in [0.3, 0.4) is 0 Å². The lowest BCUT2D eigenvalue weighted by Gasteiger charge is -2.33. The number of aromatic nitrogens is 1. The first-order chi connectivity index (χ1) is 22.0. The van der Waals surface area contributed by atoms with E-state index in [1.54, 1.807) is 60.7 Å². The summed E-state index contributed by atoms with van der Waals surface area (Å²) < 4.78 is 147. The van der Waals surface area contributed by atoms with Crippen LogP contribution in [0.4, 0.5) is 43.9 Å². The van der Waals surface area contributed by atoms with E-state index in [0.717, 1.165) is 0 Å². The first kappa shape index (κ1) is 32.7. The fourth-order valence-electron chi connectivity index (χ4n) is 6.01. The fraction of sp³-hybridized carbons (Fsp3) is 0.118. The summed E-state index contributed by atoms with van der Waals surface area (Å²) in [5, 5.41) is 0.310. The topological polar surface area (TPSA) is 4.93 Å². The maximum absolute atomic E-state index is 15.0. The quantitative estimate of drug-likeness (QED) is 0.0733. The van der Waals surface area contributed by atoms with Gasteiger partial charge in [-0.05, 0) is 53.8 Å². The standard InChI is InChI=1S/C34H23F10NSSi/c1-46(2,33-29(41)25(37)23(35)26(38)30(33)42)17-10-12-21-19(14-17)20-15-18(11-13-22(20)45(21)16-8-6-5-7-9-16)47(3,4)34-31(43)27(39)24(36)28(40)32(34)44/h5-15H,1-4H3. The zero-order valence-corrected chi connectivity index (χ0v) is 26.8. The molecule has 5 aromatic carbocycles. The minimum atomic E-state index is -3.66. The number of para-hydroxylation sites is 1. The molecule has 0 saturated heterocycles. The molecule has 0 aliphatic carbocycles. The van der Waals surface area contributed by atoms with Crippen LogP contribution in [0.15, 0.2) is 76.5 Å². The third-order valence-electron chi connectivity index (χ3n) is 8.58. The van der Waals surface area contributed by atoms with E-state index < -0.39 is 86.4 Å². The average Bonchev–Trinajstić information content (AvgIpc) is 3.38. The molecule has 0 aliphatic heterocycles. The van der Waals surface area contributed by atoms with E-state index in [9.17, 15) is 26.3 Å². The molecular formula is C34H23F10NSSi. The van der Waals surface area contributed by atoms with Crippen LogP contribution < -0.4 is 10.4 Å². The van der Waals surface area contributed by atoms with Crippen molar-refractivity contribution < 1.29 is 43.9 Å². The van der Waals surface area contributed by atoms with E-state index in [1.165, 1.54) is 31.7 Å². The molecule has 1 aromatic heterocycles. The molecule has 0 amide bonds. The van der Waals surface area contributed by atoms with Gasteiger partial charge in [0.25, 0.3) is 0 Å². The van der Waals surface area contributed by atoms with Crippen molar-refractivity contribution in [2.24, 2.45) is 0 Å². The van der Waals surface area contributed by atoms with Gasteiger partial charge in [-0.1, -0.05) is 48.6 Å². The van der Waals surface area contributed by atoms with Crippen LogP contribution in [-0.4, -0.2) is 25.2 Å². The number of nitrogens with zero attached hydrogens (tertiary/aromatic N) is 1. The summed E-state index contributed by atoms with van der Waals surface area (Å²) in [5.74, 6) is -20.5. The van der Waals surface area contributed by atoms with Crippen molar-refractivity contribution in [3.8, 4) is 5.69 Å². The Labute approximate surface area is 264 Å². The van der Waals surface area contributed by atoms with Crippen LogP contribution in [0.2, 0.25) is 13.1 Å². The molecule has 1 nitrogen and oxygen atoms in total. The van der Waals surface area contributed by atoms with Gasteiger partial charge in [0.2, 0.25) is 11.6 Å². The lowest BCUT2D eigenvalue weighted by Crippen LogP contribution is -2.56. The Morgan fingerprint density at radius 2 is 0.957 bits per heavy atom. The Bertz CT molecular complexity index is 2070. The highest BCUT2D eigenvalue weighted by Gasteiger charge is 2.38. The maximum atomic E-state index is 15.0. The van der Waals surface area contributed by atoms with Gasteiger partial charge in [0.15, 0.2) is 46.5 Å². The number of rotatable bonds is 5. The molecule has 1 heterocycles. The van der Waals surface area contributed by atoms with E-state index >= 15 is 17.6 Å². The van der Waals surface area contributed by atoms with Crippen molar-refractivity contribution in [1.82, 2.24) is 4.57 Å². The lowest BCUT2D eigenvalue weighted by atomic mass is 10.1. The van der Waals surface area contributed by atoms with Crippen LogP contribution in [0.25, 0.3) is 27.5 Å². The van der Waals surface area contributed by atoms with Gasteiger partial charge < -0.3 is 4.57 Å². The van der Waals surface area contributed by atoms with Crippen LogP contribution >= 0.6 is 10.0 Å². The zero-order valence-electron chi connectivity index (χ0n) is 25.0. The highest BCUT2D eigenvalue weighted by Crippen LogP contribution is 2.59. The van der Waals surface area contributed by atoms with E-state index in [0.29, 0.717) is 32.7 Å². The van der Waals surface area contributed by atoms with Crippen LogP contribution in [0.1, 0.15) is 0 Å². The molecule has 0 N–H and O–H groups in total. The van der Waals surface area contributed by atoms with Crippen molar-refractivity contribution >= 4 is 50.3 Å². The predicted molar refractivity (Wildman–Crippen MR) is 166 cm³/mol. The van der Waals surface area contributed by atoms with Gasteiger partial charge in [-0.3, -0.25) is 0 Å². The second kappa shape index (κ2) is 11.2.